The van der Waals surface area contributed by atoms with Gasteiger partial charge in [0.15, 0.2) is 0 Å². The summed E-state index contributed by atoms with van der Waals surface area (Å²) in [5.41, 5.74) is 0. The lowest BCUT2D eigenvalue weighted by Crippen LogP contribution is -2.16. The first-order valence-corrected chi connectivity index (χ1v) is 4.58. The van der Waals surface area contributed by atoms with Crippen molar-refractivity contribution in [1.82, 2.24) is 0 Å². The molecule has 9 heteroatoms. The Kier molecular flexibility index (Phi) is 9.72. The summed E-state index contributed by atoms with van der Waals surface area (Å²) in [6.45, 7) is 0. The van der Waals surface area contributed by atoms with Gasteiger partial charge in [0.05, 0.1) is 0 Å². The van der Waals surface area contributed by atoms with Gasteiger partial charge in [0.2, 0.25) is 0 Å². The van der Waals surface area contributed by atoms with Gasteiger partial charge in [0, 0.05) is 12.8 Å². The van der Waals surface area contributed by atoms with Gasteiger partial charge in [-0.15, -0.1) is 0 Å². The molecule has 0 aliphatic heterocycles. The average molecular weight is 264 g/mol. The van der Waals surface area contributed by atoms with E-state index >= 15 is 0 Å². The summed E-state index contributed by atoms with van der Waals surface area (Å²) < 4.78 is 0. The first-order chi connectivity index (χ1) is 8.16. The van der Waals surface area contributed by atoms with E-state index in [1.54, 1.807) is 0 Å². The van der Waals surface area contributed by atoms with Crippen LogP contribution in [0, 0.1) is 0 Å². The van der Waals surface area contributed by atoms with Crippen LogP contribution in [-0.4, -0.2) is 50.1 Å². The summed E-state index contributed by atoms with van der Waals surface area (Å²) >= 11 is 0. The van der Waals surface area contributed by atoms with E-state index in [0.717, 1.165) is 0 Å². The number of carboxylic acid groups (broad SMARTS) is 4. The molecule has 0 heterocycles. The van der Waals surface area contributed by atoms with Gasteiger partial charge in [-0.2, -0.15) is 0 Å². The van der Waals surface area contributed by atoms with E-state index < -0.39 is 36.1 Å². The molecule has 4 N–H and O–H groups in total. The summed E-state index contributed by atoms with van der Waals surface area (Å²) in [7, 11) is 0. The van der Waals surface area contributed by atoms with Gasteiger partial charge in [-0.25, -0.2) is 4.79 Å². The van der Waals surface area contributed by atoms with Crippen molar-refractivity contribution >= 4 is 29.7 Å². The predicted octanol–water partition coefficient (Wildman–Crippen LogP) is -0.559. The molecule has 0 unspecified atom stereocenters. The van der Waals surface area contributed by atoms with Crippen molar-refractivity contribution in [3.63, 3.8) is 0 Å². The lowest BCUT2D eigenvalue weighted by molar-refractivity contribution is -0.152. The molecule has 0 rings (SSSR count). The SMILES string of the molecule is O=C(O)CC(=O)C(=O)O.O=C(O)CCCC(=O)O. The Labute approximate surface area is 101 Å². The molecule has 0 aromatic heterocycles. The van der Waals surface area contributed by atoms with Crippen molar-refractivity contribution < 1.29 is 44.4 Å². The van der Waals surface area contributed by atoms with Crippen LogP contribution in [0.15, 0.2) is 0 Å². The zero-order valence-electron chi connectivity index (χ0n) is 9.16. The zero-order chi connectivity index (χ0) is 14.7. The van der Waals surface area contributed by atoms with E-state index in [9.17, 15) is 24.0 Å². The second-order valence-electron chi connectivity index (χ2n) is 2.94. The van der Waals surface area contributed by atoms with Gasteiger partial charge in [-0.1, -0.05) is 0 Å². The van der Waals surface area contributed by atoms with E-state index in [2.05, 4.69) is 0 Å². The van der Waals surface area contributed by atoms with Gasteiger partial charge >= 0.3 is 23.9 Å². The fourth-order valence-electron chi connectivity index (χ4n) is 0.604. The number of hydrogen-bond acceptors (Lipinski definition) is 5. The average Bonchev–Trinajstić information content (AvgIpc) is 2.15. The lowest BCUT2D eigenvalue weighted by atomic mass is 10.2. The summed E-state index contributed by atoms with van der Waals surface area (Å²) in [5, 5.41) is 31.7. The number of rotatable bonds is 7. The molecule has 0 aromatic rings. The Morgan fingerprint density at radius 1 is 0.667 bits per heavy atom. The quantitative estimate of drug-likeness (QED) is 0.348. The van der Waals surface area contributed by atoms with Crippen molar-refractivity contribution in [2.75, 3.05) is 0 Å². The summed E-state index contributed by atoms with van der Waals surface area (Å²) in [6, 6.07) is 0. The van der Waals surface area contributed by atoms with Crippen molar-refractivity contribution in [3.8, 4) is 0 Å². The minimum Gasteiger partial charge on any atom is -0.481 e. The molecule has 0 aliphatic carbocycles. The highest BCUT2D eigenvalue weighted by atomic mass is 16.4. The van der Waals surface area contributed by atoms with Crippen LogP contribution in [0.4, 0.5) is 0 Å². The minimum absolute atomic E-state index is 0.0632. The van der Waals surface area contributed by atoms with Crippen LogP contribution >= 0.6 is 0 Å². The largest absolute Gasteiger partial charge is 0.481 e. The van der Waals surface area contributed by atoms with E-state index in [1.807, 2.05) is 0 Å². The minimum atomic E-state index is -1.71. The standard InChI is InChI=1S/C5H8O4.C4H4O5/c6-4(7)2-1-3-5(8)9;5-2(4(8)9)1-3(6)7/h1-3H2,(H,6,7)(H,8,9);1H2,(H,6,7)(H,8,9). The molecular weight excluding hydrogens is 252 g/mol. The van der Waals surface area contributed by atoms with E-state index in [-0.39, 0.29) is 19.3 Å². The molecule has 0 bridgehead atoms. The molecule has 0 aromatic carbocycles. The van der Waals surface area contributed by atoms with E-state index in [4.69, 9.17) is 20.4 Å². The third-order valence-electron chi connectivity index (χ3n) is 1.33. The molecule has 0 saturated carbocycles. The molecule has 0 fully saturated rings. The second-order valence-corrected chi connectivity index (χ2v) is 2.94. The number of ketones is 1. The second kappa shape index (κ2) is 9.75. The number of aliphatic carboxylic acids is 4. The molecule has 0 amide bonds. The van der Waals surface area contributed by atoms with E-state index in [0.29, 0.717) is 0 Å². The van der Waals surface area contributed by atoms with Gasteiger partial charge in [0.1, 0.15) is 6.42 Å². The summed E-state index contributed by atoms with van der Waals surface area (Å²) in [6.07, 6.45) is -0.863. The maximum atomic E-state index is 9.97. The molecular formula is C9H12O9. The van der Waals surface area contributed by atoms with Crippen LogP contribution in [0.3, 0.4) is 0 Å². The van der Waals surface area contributed by atoms with Crippen molar-refractivity contribution in [1.29, 1.82) is 0 Å². The van der Waals surface area contributed by atoms with Crippen molar-refractivity contribution in [3.05, 3.63) is 0 Å². The third kappa shape index (κ3) is 16.0. The third-order valence-corrected chi connectivity index (χ3v) is 1.33. The van der Waals surface area contributed by atoms with Gasteiger partial charge in [0.25, 0.3) is 5.78 Å². The van der Waals surface area contributed by atoms with Gasteiger partial charge in [-0.3, -0.25) is 19.2 Å². The van der Waals surface area contributed by atoms with Crippen LogP contribution in [0.1, 0.15) is 25.7 Å². The van der Waals surface area contributed by atoms with Crippen LogP contribution in [-0.2, 0) is 24.0 Å². The zero-order valence-corrected chi connectivity index (χ0v) is 9.16. The fraction of sp³-hybridized carbons (Fsp3) is 0.444. The Morgan fingerprint density at radius 3 is 1.22 bits per heavy atom. The topological polar surface area (TPSA) is 166 Å². The number of hydrogen-bond donors (Lipinski definition) is 4. The van der Waals surface area contributed by atoms with Crippen LogP contribution in [0.25, 0.3) is 0 Å². The maximum absolute atomic E-state index is 9.97. The monoisotopic (exact) mass is 264 g/mol. The number of carbonyl (C=O) groups excluding carboxylic acids is 1. The summed E-state index contributed by atoms with van der Waals surface area (Å²) in [4.78, 5) is 48.8. The smallest absolute Gasteiger partial charge is 0.372 e. The Balaban J connectivity index is 0. The Hall–Kier alpha value is -2.45. The Bertz CT molecular complexity index is 330. The van der Waals surface area contributed by atoms with Gasteiger partial charge in [-0.05, 0) is 6.42 Å². The van der Waals surface area contributed by atoms with Gasteiger partial charge < -0.3 is 20.4 Å². The molecule has 0 aliphatic rings. The number of carboxylic acids is 4. The van der Waals surface area contributed by atoms with E-state index in [1.165, 1.54) is 0 Å². The Morgan fingerprint density at radius 2 is 1.06 bits per heavy atom. The number of carbonyl (C=O) groups is 5. The molecule has 18 heavy (non-hydrogen) atoms. The first-order valence-electron chi connectivity index (χ1n) is 4.58. The molecule has 0 spiro atoms. The first kappa shape index (κ1) is 17.9. The highest BCUT2D eigenvalue weighted by molar-refractivity contribution is 6.35. The molecule has 0 radical (unpaired) electrons. The normalized spacial score (nSPS) is 8.67. The summed E-state index contributed by atoms with van der Waals surface area (Å²) in [5.74, 6) is -6.34. The van der Waals surface area contributed by atoms with Crippen molar-refractivity contribution in [2.24, 2.45) is 0 Å². The lowest BCUT2D eigenvalue weighted by Gasteiger charge is -1.89. The fourth-order valence-corrected chi connectivity index (χ4v) is 0.604. The molecule has 102 valence electrons. The van der Waals surface area contributed by atoms with Crippen molar-refractivity contribution in [2.45, 2.75) is 25.7 Å². The highest BCUT2D eigenvalue weighted by Gasteiger charge is 2.14. The molecule has 9 nitrogen and oxygen atoms in total. The molecule has 0 saturated heterocycles. The maximum Gasteiger partial charge on any atom is 0.372 e. The number of Topliss-reactive ketones (excluding diaryl/α,β-unsaturated/α-hetero) is 1. The molecule has 0 atom stereocenters. The highest BCUT2D eigenvalue weighted by Crippen LogP contribution is 1.93. The predicted molar refractivity (Wildman–Crippen MR) is 54.0 cm³/mol. The van der Waals surface area contributed by atoms with Crippen LogP contribution in [0.2, 0.25) is 0 Å². The van der Waals surface area contributed by atoms with Crippen LogP contribution in [0.5, 0.6) is 0 Å². The van der Waals surface area contributed by atoms with Crippen LogP contribution < -0.4 is 0 Å².